The summed E-state index contributed by atoms with van der Waals surface area (Å²) >= 11 is 0. The van der Waals surface area contributed by atoms with Gasteiger partial charge in [-0.2, -0.15) is 0 Å². The Hall–Kier alpha value is -4.31. The van der Waals surface area contributed by atoms with Crippen molar-refractivity contribution in [1.82, 2.24) is 4.98 Å². The fraction of sp³-hybridized carbons (Fsp3) is 0. The summed E-state index contributed by atoms with van der Waals surface area (Å²) in [6, 6.07) is 34.2. The molecule has 0 amide bonds. The number of furan rings is 1. The second kappa shape index (κ2) is 7.18. The van der Waals surface area contributed by atoms with Crippen LogP contribution in [0.4, 0.5) is 11.4 Å². The van der Waals surface area contributed by atoms with E-state index in [-0.39, 0.29) is 0 Å². The van der Waals surface area contributed by atoms with Gasteiger partial charge < -0.3 is 14.2 Å². The van der Waals surface area contributed by atoms with Crippen LogP contribution in [0, 0.1) is 0 Å². The SMILES string of the molecule is c1ccc2oc(-c3ccc(Nc4ccc(-c5nc6ccccc6o5)cc4)cc3)cc2c1. The number of nitrogens with one attached hydrogen (secondary N) is 1. The zero-order valence-corrected chi connectivity index (χ0v) is 16.6. The number of hydrogen-bond donors (Lipinski definition) is 1. The molecule has 6 rings (SSSR count). The number of nitrogens with zero attached hydrogens (tertiary/aromatic N) is 1. The Labute approximate surface area is 178 Å². The van der Waals surface area contributed by atoms with E-state index in [1.165, 1.54) is 0 Å². The van der Waals surface area contributed by atoms with Crippen LogP contribution in [-0.2, 0) is 0 Å². The first-order chi connectivity index (χ1) is 15.3. The number of oxazole rings is 1. The molecule has 2 heterocycles. The van der Waals surface area contributed by atoms with E-state index in [9.17, 15) is 0 Å². The standard InChI is InChI=1S/C27H18N2O2/c1-3-7-24-20(5-1)17-26(30-24)18-9-13-21(14-10-18)28-22-15-11-19(12-16-22)27-29-23-6-2-4-8-25(23)31-27/h1-17,28H. The number of aromatic nitrogens is 1. The molecule has 4 heteroatoms. The Morgan fingerprint density at radius 1 is 0.581 bits per heavy atom. The molecule has 6 aromatic rings. The van der Waals surface area contributed by atoms with E-state index in [1.807, 2.05) is 66.7 Å². The summed E-state index contributed by atoms with van der Waals surface area (Å²) in [5, 5.41) is 4.54. The summed E-state index contributed by atoms with van der Waals surface area (Å²) in [6.07, 6.45) is 0. The smallest absolute Gasteiger partial charge is 0.227 e. The lowest BCUT2D eigenvalue weighted by atomic mass is 10.1. The van der Waals surface area contributed by atoms with Gasteiger partial charge >= 0.3 is 0 Å². The molecule has 0 aliphatic carbocycles. The van der Waals surface area contributed by atoms with Gasteiger partial charge in [-0.1, -0.05) is 30.3 Å². The average molecular weight is 402 g/mol. The molecule has 0 aliphatic heterocycles. The number of benzene rings is 4. The van der Waals surface area contributed by atoms with E-state index >= 15 is 0 Å². The van der Waals surface area contributed by atoms with Gasteiger partial charge in [0.2, 0.25) is 5.89 Å². The second-order valence-corrected chi connectivity index (χ2v) is 7.41. The van der Waals surface area contributed by atoms with Crippen LogP contribution in [0.5, 0.6) is 0 Å². The molecule has 0 aliphatic rings. The number of anilines is 2. The predicted molar refractivity (Wildman–Crippen MR) is 124 cm³/mol. The topological polar surface area (TPSA) is 51.2 Å². The Balaban J connectivity index is 1.20. The van der Waals surface area contributed by atoms with Gasteiger partial charge in [0.15, 0.2) is 5.58 Å². The van der Waals surface area contributed by atoms with Crippen LogP contribution in [0.3, 0.4) is 0 Å². The molecular formula is C27H18N2O2. The predicted octanol–water partition coefficient (Wildman–Crippen LogP) is 7.65. The lowest BCUT2D eigenvalue weighted by molar-refractivity contribution is 0.620. The van der Waals surface area contributed by atoms with Crippen LogP contribution in [0.25, 0.3) is 44.8 Å². The molecule has 2 aromatic heterocycles. The molecule has 148 valence electrons. The maximum atomic E-state index is 5.95. The summed E-state index contributed by atoms with van der Waals surface area (Å²) in [4.78, 5) is 4.55. The second-order valence-electron chi connectivity index (χ2n) is 7.41. The quantitative estimate of drug-likeness (QED) is 0.329. The first-order valence-corrected chi connectivity index (χ1v) is 10.1. The third-order valence-corrected chi connectivity index (χ3v) is 5.31. The van der Waals surface area contributed by atoms with Crippen LogP contribution in [0.1, 0.15) is 0 Å². The van der Waals surface area contributed by atoms with E-state index in [0.717, 1.165) is 50.3 Å². The molecule has 31 heavy (non-hydrogen) atoms. The van der Waals surface area contributed by atoms with Gasteiger partial charge in [-0.25, -0.2) is 4.98 Å². The average Bonchev–Trinajstić information content (AvgIpc) is 3.44. The minimum absolute atomic E-state index is 0.628. The van der Waals surface area contributed by atoms with E-state index < -0.39 is 0 Å². The maximum absolute atomic E-state index is 5.95. The number of para-hydroxylation sites is 3. The van der Waals surface area contributed by atoms with Crippen LogP contribution in [0.15, 0.2) is 112 Å². The highest BCUT2D eigenvalue weighted by Crippen LogP contribution is 2.30. The molecule has 0 unspecified atom stereocenters. The molecule has 0 radical (unpaired) electrons. The van der Waals surface area contributed by atoms with Crippen molar-refractivity contribution in [2.24, 2.45) is 0 Å². The van der Waals surface area contributed by atoms with Gasteiger partial charge in [-0.15, -0.1) is 0 Å². The number of hydrogen-bond acceptors (Lipinski definition) is 4. The Kier molecular flexibility index (Phi) is 4.06. The highest BCUT2D eigenvalue weighted by atomic mass is 16.3. The number of fused-ring (bicyclic) bond motifs is 2. The van der Waals surface area contributed by atoms with Gasteiger partial charge in [0.25, 0.3) is 0 Å². The van der Waals surface area contributed by atoms with Crippen molar-refractivity contribution < 1.29 is 8.83 Å². The van der Waals surface area contributed by atoms with Crippen molar-refractivity contribution in [2.45, 2.75) is 0 Å². The van der Waals surface area contributed by atoms with E-state index in [1.54, 1.807) is 0 Å². The van der Waals surface area contributed by atoms with E-state index in [0.29, 0.717) is 5.89 Å². The van der Waals surface area contributed by atoms with Crippen molar-refractivity contribution in [3.05, 3.63) is 103 Å². The molecular weight excluding hydrogens is 384 g/mol. The fourth-order valence-corrected chi connectivity index (χ4v) is 3.70. The van der Waals surface area contributed by atoms with Crippen LogP contribution in [0.2, 0.25) is 0 Å². The van der Waals surface area contributed by atoms with E-state index in [4.69, 9.17) is 8.83 Å². The third kappa shape index (κ3) is 3.34. The molecule has 1 N–H and O–H groups in total. The van der Waals surface area contributed by atoms with Crippen molar-refractivity contribution in [3.8, 4) is 22.8 Å². The first-order valence-electron chi connectivity index (χ1n) is 10.1. The minimum atomic E-state index is 0.628. The Bertz CT molecular complexity index is 1310. The summed E-state index contributed by atoms with van der Waals surface area (Å²) < 4.78 is 11.8. The van der Waals surface area contributed by atoms with Gasteiger partial charge in [0, 0.05) is 27.9 Å². The fourth-order valence-electron chi connectivity index (χ4n) is 3.70. The molecule has 0 bridgehead atoms. The Morgan fingerprint density at radius 3 is 1.94 bits per heavy atom. The molecule has 0 saturated heterocycles. The summed E-state index contributed by atoms with van der Waals surface area (Å²) in [7, 11) is 0. The highest BCUT2D eigenvalue weighted by Gasteiger charge is 2.08. The maximum Gasteiger partial charge on any atom is 0.227 e. The lowest BCUT2D eigenvalue weighted by Gasteiger charge is -2.07. The van der Waals surface area contributed by atoms with Crippen molar-refractivity contribution in [1.29, 1.82) is 0 Å². The van der Waals surface area contributed by atoms with Crippen LogP contribution < -0.4 is 5.32 Å². The minimum Gasteiger partial charge on any atom is -0.456 e. The molecule has 0 spiro atoms. The van der Waals surface area contributed by atoms with Gasteiger partial charge in [-0.3, -0.25) is 0 Å². The van der Waals surface area contributed by atoms with Gasteiger partial charge in [0.1, 0.15) is 16.9 Å². The van der Waals surface area contributed by atoms with Gasteiger partial charge in [-0.05, 0) is 72.8 Å². The molecule has 0 atom stereocenters. The lowest BCUT2D eigenvalue weighted by Crippen LogP contribution is -1.90. The van der Waals surface area contributed by atoms with Crippen molar-refractivity contribution >= 4 is 33.4 Å². The zero-order chi connectivity index (χ0) is 20.6. The molecule has 0 fully saturated rings. The molecule has 4 aromatic carbocycles. The summed E-state index contributed by atoms with van der Waals surface area (Å²) in [5.41, 5.74) is 6.56. The zero-order valence-electron chi connectivity index (χ0n) is 16.6. The van der Waals surface area contributed by atoms with Crippen LogP contribution >= 0.6 is 0 Å². The van der Waals surface area contributed by atoms with Crippen LogP contribution in [-0.4, -0.2) is 4.98 Å². The van der Waals surface area contributed by atoms with Crippen molar-refractivity contribution in [3.63, 3.8) is 0 Å². The number of rotatable bonds is 4. The summed E-state index contributed by atoms with van der Waals surface area (Å²) in [5.74, 6) is 1.50. The highest BCUT2D eigenvalue weighted by molar-refractivity contribution is 5.83. The largest absolute Gasteiger partial charge is 0.456 e. The molecule has 0 saturated carbocycles. The summed E-state index contributed by atoms with van der Waals surface area (Å²) in [6.45, 7) is 0. The normalized spacial score (nSPS) is 11.2. The third-order valence-electron chi connectivity index (χ3n) is 5.31. The Morgan fingerprint density at radius 2 is 1.23 bits per heavy atom. The van der Waals surface area contributed by atoms with E-state index in [2.05, 4.69) is 46.7 Å². The molecule has 4 nitrogen and oxygen atoms in total. The first kappa shape index (κ1) is 17.5. The van der Waals surface area contributed by atoms with Crippen molar-refractivity contribution in [2.75, 3.05) is 5.32 Å². The monoisotopic (exact) mass is 402 g/mol. The van der Waals surface area contributed by atoms with Gasteiger partial charge in [0.05, 0.1) is 0 Å².